The molecule has 0 radical (unpaired) electrons. The van der Waals surface area contributed by atoms with Gasteiger partial charge in [-0.15, -0.1) is 0 Å². The van der Waals surface area contributed by atoms with Crippen molar-refractivity contribution in [3.05, 3.63) is 47.7 Å². The molecule has 5 nitrogen and oxygen atoms in total. The van der Waals surface area contributed by atoms with E-state index in [0.717, 1.165) is 24.1 Å². The van der Waals surface area contributed by atoms with Gasteiger partial charge in [0.25, 0.3) is 0 Å². The molecule has 2 aliphatic rings. The van der Waals surface area contributed by atoms with Crippen molar-refractivity contribution in [2.45, 2.75) is 39.2 Å². The molecule has 1 amide bonds. The standard InChI is InChI=1S/C20H22N2O3/c1-2-20-11-6-12-22(18(20)10-9-17(23)16(20)13-21)19(24)25-14-15-7-4-3-5-8-15/h3-5,7-8,10,16H,2,6,9,11-12,14H2,1H3/t16-,20+/m1/s1. The highest BCUT2D eigenvalue weighted by molar-refractivity contribution is 5.88. The Morgan fingerprint density at radius 3 is 2.84 bits per heavy atom. The van der Waals surface area contributed by atoms with Gasteiger partial charge in [0.1, 0.15) is 12.5 Å². The largest absolute Gasteiger partial charge is 0.444 e. The maximum atomic E-state index is 12.7. The number of hydrogen-bond acceptors (Lipinski definition) is 4. The summed E-state index contributed by atoms with van der Waals surface area (Å²) in [6, 6.07) is 11.7. The van der Waals surface area contributed by atoms with Crippen LogP contribution in [0.25, 0.3) is 0 Å². The number of hydrogen-bond donors (Lipinski definition) is 0. The van der Waals surface area contributed by atoms with Gasteiger partial charge in [0.05, 0.1) is 6.07 Å². The van der Waals surface area contributed by atoms with E-state index in [4.69, 9.17) is 4.74 Å². The summed E-state index contributed by atoms with van der Waals surface area (Å²) in [6.07, 6.45) is 3.79. The number of nitriles is 1. The smallest absolute Gasteiger partial charge is 0.414 e. The summed E-state index contributed by atoms with van der Waals surface area (Å²) in [6.45, 7) is 2.76. The van der Waals surface area contributed by atoms with Gasteiger partial charge in [-0.25, -0.2) is 4.79 Å². The van der Waals surface area contributed by atoms with E-state index in [9.17, 15) is 14.9 Å². The van der Waals surface area contributed by atoms with E-state index in [2.05, 4.69) is 6.07 Å². The first-order valence-corrected chi connectivity index (χ1v) is 8.73. The topological polar surface area (TPSA) is 70.4 Å². The average molecular weight is 338 g/mol. The molecule has 130 valence electrons. The number of fused-ring (bicyclic) bond motifs is 1. The third-order valence-electron chi connectivity index (χ3n) is 5.36. The third kappa shape index (κ3) is 3.05. The quantitative estimate of drug-likeness (QED) is 0.840. The maximum absolute atomic E-state index is 12.7. The molecule has 0 spiro atoms. The first-order valence-electron chi connectivity index (χ1n) is 8.73. The highest BCUT2D eigenvalue weighted by atomic mass is 16.6. The van der Waals surface area contributed by atoms with E-state index >= 15 is 0 Å². The van der Waals surface area contributed by atoms with Crippen LogP contribution in [0.1, 0.15) is 38.2 Å². The van der Waals surface area contributed by atoms with Crippen LogP contribution < -0.4 is 0 Å². The predicted octanol–water partition coefficient (Wildman–Crippen LogP) is 3.81. The van der Waals surface area contributed by atoms with Crippen LogP contribution in [0.5, 0.6) is 0 Å². The van der Waals surface area contributed by atoms with Crippen LogP contribution >= 0.6 is 0 Å². The molecule has 0 N–H and O–H groups in total. The van der Waals surface area contributed by atoms with Gasteiger partial charge in [-0.05, 0) is 24.8 Å². The molecule has 3 rings (SSSR count). The van der Waals surface area contributed by atoms with Gasteiger partial charge < -0.3 is 4.74 Å². The summed E-state index contributed by atoms with van der Waals surface area (Å²) < 4.78 is 5.48. The Morgan fingerprint density at radius 2 is 2.16 bits per heavy atom. The first-order chi connectivity index (χ1) is 12.1. The third-order valence-corrected chi connectivity index (χ3v) is 5.36. The molecule has 1 aromatic rings. The number of rotatable bonds is 3. The molecule has 0 unspecified atom stereocenters. The number of carbonyl (C=O) groups is 2. The zero-order valence-electron chi connectivity index (χ0n) is 14.4. The van der Waals surface area contributed by atoms with Crippen molar-refractivity contribution in [2.75, 3.05) is 6.54 Å². The Kier molecular flexibility index (Phi) is 4.89. The number of ketones is 1. The van der Waals surface area contributed by atoms with Crippen molar-refractivity contribution >= 4 is 11.9 Å². The van der Waals surface area contributed by atoms with Crippen LogP contribution in [0.3, 0.4) is 0 Å². The van der Waals surface area contributed by atoms with Gasteiger partial charge in [0, 0.05) is 24.1 Å². The van der Waals surface area contributed by atoms with Crippen LogP contribution in [-0.2, 0) is 16.1 Å². The van der Waals surface area contributed by atoms with Crippen LogP contribution in [0.4, 0.5) is 4.79 Å². The minimum absolute atomic E-state index is 0.0485. The number of nitrogens with zero attached hydrogens (tertiary/aromatic N) is 2. The number of allylic oxidation sites excluding steroid dienone is 2. The summed E-state index contributed by atoms with van der Waals surface area (Å²) in [5, 5.41) is 9.54. The molecule has 1 fully saturated rings. The molecule has 0 aromatic heterocycles. The highest BCUT2D eigenvalue weighted by Crippen LogP contribution is 2.50. The fraction of sp³-hybridized carbons (Fsp3) is 0.450. The number of piperidine rings is 1. The van der Waals surface area contributed by atoms with Gasteiger partial charge in [0.2, 0.25) is 0 Å². The average Bonchev–Trinajstić information content (AvgIpc) is 2.66. The molecule has 2 atom stereocenters. The molecule has 25 heavy (non-hydrogen) atoms. The van der Waals surface area contributed by atoms with Gasteiger partial charge in [-0.2, -0.15) is 5.26 Å². The van der Waals surface area contributed by atoms with Crippen molar-refractivity contribution in [3.63, 3.8) is 0 Å². The Morgan fingerprint density at radius 1 is 1.40 bits per heavy atom. The maximum Gasteiger partial charge on any atom is 0.414 e. The lowest BCUT2D eigenvalue weighted by molar-refractivity contribution is -0.125. The molecule has 1 heterocycles. The lowest BCUT2D eigenvalue weighted by atomic mass is 9.62. The van der Waals surface area contributed by atoms with E-state index in [1.54, 1.807) is 4.90 Å². The fourth-order valence-corrected chi connectivity index (χ4v) is 4.04. The zero-order valence-corrected chi connectivity index (χ0v) is 14.4. The lowest BCUT2D eigenvalue weighted by Crippen LogP contribution is -2.50. The number of amides is 1. The number of ether oxygens (including phenoxy) is 1. The summed E-state index contributed by atoms with van der Waals surface area (Å²) in [7, 11) is 0. The Balaban J connectivity index is 1.81. The summed E-state index contributed by atoms with van der Waals surface area (Å²) >= 11 is 0. The van der Waals surface area contributed by atoms with Gasteiger partial charge in [-0.3, -0.25) is 9.69 Å². The van der Waals surface area contributed by atoms with Gasteiger partial charge >= 0.3 is 6.09 Å². The molecule has 0 saturated carbocycles. The second-order valence-electron chi connectivity index (χ2n) is 6.63. The predicted molar refractivity (Wildman–Crippen MR) is 92.1 cm³/mol. The second-order valence-corrected chi connectivity index (χ2v) is 6.63. The van der Waals surface area contributed by atoms with E-state index in [0.29, 0.717) is 13.0 Å². The summed E-state index contributed by atoms with van der Waals surface area (Å²) in [5.41, 5.74) is 1.16. The molecule has 5 heteroatoms. The second kappa shape index (κ2) is 7.10. The van der Waals surface area contributed by atoms with Crippen molar-refractivity contribution in [2.24, 2.45) is 11.3 Å². The van der Waals surface area contributed by atoms with Crippen molar-refractivity contribution in [3.8, 4) is 6.07 Å². The van der Waals surface area contributed by atoms with Crippen molar-refractivity contribution in [1.29, 1.82) is 5.26 Å². The minimum Gasteiger partial charge on any atom is -0.444 e. The number of carbonyl (C=O) groups excluding carboxylic acids is 2. The monoisotopic (exact) mass is 338 g/mol. The Bertz CT molecular complexity index is 735. The lowest BCUT2D eigenvalue weighted by Gasteiger charge is -2.48. The van der Waals surface area contributed by atoms with E-state index < -0.39 is 17.4 Å². The van der Waals surface area contributed by atoms with Gasteiger partial charge in [0.15, 0.2) is 5.78 Å². The molecule has 1 aromatic carbocycles. The van der Waals surface area contributed by atoms with Crippen molar-refractivity contribution in [1.82, 2.24) is 4.90 Å². The molecule has 1 saturated heterocycles. The van der Waals surface area contributed by atoms with E-state index in [-0.39, 0.29) is 18.8 Å². The Hall–Kier alpha value is -2.61. The van der Waals surface area contributed by atoms with Crippen molar-refractivity contribution < 1.29 is 14.3 Å². The first kappa shape index (κ1) is 17.2. The van der Waals surface area contributed by atoms with E-state index in [1.807, 2.05) is 43.3 Å². The molecule has 1 aliphatic carbocycles. The van der Waals surface area contributed by atoms with Gasteiger partial charge in [-0.1, -0.05) is 43.3 Å². The summed E-state index contributed by atoms with van der Waals surface area (Å²) in [4.78, 5) is 26.5. The zero-order chi connectivity index (χ0) is 17.9. The van der Waals surface area contributed by atoms with Crippen LogP contribution in [0.15, 0.2) is 42.1 Å². The highest BCUT2D eigenvalue weighted by Gasteiger charge is 2.51. The summed E-state index contributed by atoms with van der Waals surface area (Å²) in [5.74, 6) is -0.727. The van der Waals surface area contributed by atoms with E-state index in [1.165, 1.54) is 0 Å². The molecular formula is C20H22N2O3. The minimum atomic E-state index is -0.678. The molecule has 1 aliphatic heterocycles. The molecular weight excluding hydrogens is 316 g/mol. The SMILES string of the molecule is CC[C@@]12CCCN(C(=O)OCc3ccccc3)C1=CCC(=O)[C@H]2C#N. The fourth-order valence-electron chi connectivity index (χ4n) is 4.04. The van der Waals surface area contributed by atoms with Crippen LogP contribution in [0.2, 0.25) is 0 Å². The normalized spacial score (nSPS) is 25.6. The van der Waals surface area contributed by atoms with Crippen LogP contribution in [-0.4, -0.2) is 23.3 Å². The number of benzene rings is 1. The number of Topliss-reactive ketones (excluding diaryl/α,β-unsaturated/α-hetero) is 1. The Labute approximate surface area is 147 Å². The molecule has 0 bridgehead atoms. The van der Waals surface area contributed by atoms with Crippen LogP contribution in [0, 0.1) is 22.7 Å². The number of likely N-dealkylation sites (tertiary alicyclic amines) is 1.